The maximum Gasteiger partial charge on any atom is 0.250 e. The van der Waals surface area contributed by atoms with Gasteiger partial charge in [0.05, 0.1) is 0 Å². The third-order valence-electron chi connectivity index (χ3n) is 3.67. The molecular weight excluding hydrogens is 270 g/mol. The van der Waals surface area contributed by atoms with Crippen molar-refractivity contribution in [3.63, 3.8) is 0 Å². The Balaban J connectivity index is 2.09. The molecule has 0 unspecified atom stereocenters. The van der Waals surface area contributed by atoms with E-state index in [1.807, 2.05) is 43.3 Å². The predicted octanol–water partition coefficient (Wildman–Crippen LogP) is 4.88. The quantitative estimate of drug-likeness (QED) is 0.720. The maximum atomic E-state index is 12.4. The first-order valence-electron chi connectivity index (χ1n) is 7.76. The summed E-state index contributed by atoms with van der Waals surface area (Å²) >= 11 is 0. The minimum absolute atomic E-state index is 0.00151. The first kappa shape index (κ1) is 16.0. The molecule has 0 bridgehead atoms. The van der Waals surface area contributed by atoms with Crippen molar-refractivity contribution in [2.24, 2.45) is 0 Å². The van der Waals surface area contributed by atoms with Gasteiger partial charge < -0.3 is 4.90 Å². The molecule has 2 nitrogen and oxygen atoms in total. The van der Waals surface area contributed by atoms with Crippen molar-refractivity contribution in [2.75, 3.05) is 11.4 Å². The van der Waals surface area contributed by atoms with E-state index >= 15 is 0 Å². The van der Waals surface area contributed by atoms with Crippen molar-refractivity contribution in [1.82, 2.24) is 0 Å². The molecule has 0 saturated heterocycles. The Labute approximate surface area is 133 Å². The number of hydrogen-bond donors (Lipinski definition) is 0. The number of benzene rings is 2. The Morgan fingerprint density at radius 3 is 2.23 bits per heavy atom. The average molecular weight is 293 g/mol. The van der Waals surface area contributed by atoms with Gasteiger partial charge in [-0.15, -0.1) is 0 Å². The van der Waals surface area contributed by atoms with Crippen molar-refractivity contribution >= 4 is 17.7 Å². The van der Waals surface area contributed by atoms with E-state index in [-0.39, 0.29) is 5.91 Å². The highest BCUT2D eigenvalue weighted by atomic mass is 16.2. The number of carbonyl (C=O) groups is 1. The number of para-hydroxylation sites is 1. The van der Waals surface area contributed by atoms with Crippen LogP contribution in [0.15, 0.2) is 60.7 Å². The molecule has 2 rings (SSSR count). The van der Waals surface area contributed by atoms with Crippen LogP contribution >= 0.6 is 0 Å². The lowest BCUT2D eigenvalue weighted by Gasteiger charge is -2.19. The summed E-state index contributed by atoms with van der Waals surface area (Å²) in [6, 6.07) is 18.1. The van der Waals surface area contributed by atoms with Crippen LogP contribution < -0.4 is 4.90 Å². The number of nitrogens with zero attached hydrogens (tertiary/aromatic N) is 1. The lowest BCUT2D eigenvalue weighted by molar-refractivity contribution is -0.114. The van der Waals surface area contributed by atoms with Gasteiger partial charge in [0.2, 0.25) is 0 Å². The lowest BCUT2D eigenvalue weighted by Crippen LogP contribution is -2.28. The molecule has 0 radical (unpaired) electrons. The maximum absolute atomic E-state index is 12.4. The van der Waals surface area contributed by atoms with E-state index in [0.717, 1.165) is 11.3 Å². The van der Waals surface area contributed by atoms with Crippen LogP contribution in [-0.4, -0.2) is 12.5 Å². The molecule has 114 valence electrons. The molecule has 0 atom stereocenters. The highest BCUT2D eigenvalue weighted by Crippen LogP contribution is 2.16. The van der Waals surface area contributed by atoms with Crippen LogP contribution in [-0.2, 0) is 4.79 Å². The summed E-state index contributed by atoms with van der Waals surface area (Å²) in [5, 5.41) is 0. The normalized spacial score (nSPS) is 11.1. The van der Waals surface area contributed by atoms with Crippen LogP contribution in [0.5, 0.6) is 0 Å². The second-order valence-corrected chi connectivity index (χ2v) is 5.57. The summed E-state index contributed by atoms with van der Waals surface area (Å²) in [4.78, 5) is 14.1. The predicted molar refractivity (Wildman–Crippen MR) is 94.0 cm³/mol. The number of carbonyl (C=O) groups excluding carboxylic acids is 1. The van der Waals surface area contributed by atoms with Gasteiger partial charge in [0.15, 0.2) is 0 Å². The van der Waals surface area contributed by atoms with Crippen LogP contribution in [0.2, 0.25) is 0 Å². The van der Waals surface area contributed by atoms with E-state index in [1.54, 1.807) is 11.0 Å². The summed E-state index contributed by atoms with van der Waals surface area (Å²) in [6.45, 7) is 6.98. The number of hydrogen-bond acceptors (Lipinski definition) is 1. The van der Waals surface area contributed by atoms with E-state index < -0.39 is 0 Å². The second kappa shape index (κ2) is 7.60. The van der Waals surface area contributed by atoms with Gasteiger partial charge in [-0.25, -0.2) is 0 Å². The molecule has 0 N–H and O–H groups in total. The molecule has 2 aromatic rings. The summed E-state index contributed by atoms with van der Waals surface area (Å²) in [5.74, 6) is 0.523. The zero-order chi connectivity index (χ0) is 15.9. The van der Waals surface area contributed by atoms with Crippen molar-refractivity contribution in [1.29, 1.82) is 0 Å². The van der Waals surface area contributed by atoms with Crippen molar-refractivity contribution in [3.8, 4) is 0 Å². The third-order valence-corrected chi connectivity index (χ3v) is 3.67. The van der Waals surface area contributed by atoms with E-state index in [4.69, 9.17) is 0 Å². The molecule has 0 spiro atoms. The molecule has 0 heterocycles. The van der Waals surface area contributed by atoms with E-state index in [2.05, 4.69) is 38.1 Å². The molecule has 2 heteroatoms. The summed E-state index contributed by atoms with van der Waals surface area (Å²) in [5.41, 5.74) is 3.28. The van der Waals surface area contributed by atoms with Crippen LogP contribution in [0, 0.1) is 0 Å². The van der Waals surface area contributed by atoms with Crippen LogP contribution in [0.25, 0.3) is 6.08 Å². The van der Waals surface area contributed by atoms with E-state index in [0.29, 0.717) is 12.5 Å². The summed E-state index contributed by atoms with van der Waals surface area (Å²) < 4.78 is 0. The molecule has 22 heavy (non-hydrogen) atoms. The van der Waals surface area contributed by atoms with Crippen molar-refractivity contribution in [2.45, 2.75) is 26.7 Å². The fourth-order valence-electron chi connectivity index (χ4n) is 2.32. The van der Waals surface area contributed by atoms with E-state index in [1.165, 1.54) is 5.56 Å². The lowest BCUT2D eigenvalue weighted by atomic mass is 10.0. The van der Waals surface area contributed by atoms with Gasteiger partial charge in [-0.1, -0.05) is 56.3 Å². The van der Waals surface area contributed by atoms with Crippen molar-refractivity contribution in [3.05, 3.63) is 71.8 Å². The van der Waals surface area contributed by atoms with Gasteiger partial charge in [-0.3, -0.25) is 4.79 Å². The SMILES string of the molecule is CCN(C(=O)/C=C/c1ccc(C(C)C)cc1)c1ccccc1. The molecule has 2 aromatic carbocycles. The van der Waals surface area contributed by atoms with Gasteiger partial charge >= 0.3 is 0 Å². The van der Waals surface area contributed by atoms with Gasteiger partial charge in [-0.05, 0) is 42.2 Å². The van der Waals surface area contributed by atoms with Gasteiger partial charge in [0.25, 0.3) is 5.91 Å². The van der Waals surface area contributed by atoms with Crippen LogP contribution in [0.4, 0.5) is 5.69 Å². The molecule has 1 amide bonds. The number of amides is 1. The Hall–Kier alpha value is -2.35. The monoisotopic (exact) mass is 293 g/mol. The molecular formula is C20H23NO. The fraction of sp³-hybridized carbons (Fsp3) is 0.250. The number of likely N-dealkylation sites (N-methyl/N-ethyl adjacent to an activating group) is 1. The Kier molecular flexibility index (Phi) is 5.54. The Morgan fingerprint density at radius 2 is 1.68 bits per heavy atom. The van der Waals surface area contributed by atoms with Crippen LogP contribution in [0.1, 0.15) is 37.8 Å². The minimum Gasteiger partial charge on any atom is -0.309 e. The highest BCUT2D eigenvalue weighted by molar-refractivity contribution is 6.03. The summed E-state index contributed by atoms with van der Waals surface area (Å²) in [7, 11) is 0. The molecule has 0 aliphatic rings. The molecule has 0 aromatic heterocycles. The van der Waals surface area contributed by atoms with Gasteiger partial charge in [0, 0.05) is 18.3 Å². The molecule has 0 aliphatic carbocycles. The van der Waals surface area contributed by atoms with Crippen LogP contribution in [0.3, 0.4) is 0 Å². The number of anilines is 1. The first-order valence-corrected chi connectivity index (χ1v) is 7.76. The first-order chi connectivity index (χ1) is 10.6. The van der Waals surface area contributed by atoms with Crippen molar-refractivity contribution < 1.29 is 4.79 Å². The summed E-state index contributed by atoms with van der Waals surface area (Å²) in [6.07, 6.45) is 3.51. The molecule has 0 saturated carbocycles. The zero-order valence-electron chi connectivity index (χ0n) is 13.5. The molecule has 0 fully saturated rings. The minimum atomic E-state index is 0.00151. The number of rotatable bonds is 5. The smallest absolute Gasteiger partial charge is 0.250 e. The average Bonchev–Trinajstić information content (AvgIpc) is 2.55. The topological polar surface area (TPSA) is 20.3 Å². The van der Waals surface area contributed by atoms with Gasteiger partial charge in [0.1, 0.15) is 0 Å². The largest absolute Gasteiger partial charge is 0.309 e. The fourth-order valence-corrected chi connectivity index (χ4v) is 2.32. The van der Waals surface area contributed by atoms with Gasteiger partial charge in [-0.2, -0.15) is 0 Å². The standard InChI is InChI=1S/C20H23NO/c1-4-21(19-8-6-5-7-9-19)20(22)15-12-17-10-13-18(14-11-17)16(2)3/h5-16H,4H2,1-3H3/b15-12+. The Bertz CT molecular complexity index is 627. The highest BCUT2D eigenvalue weighted by Gasteiger charge is 2.09. The Morgan fingerprint density at radius 1 is 1.05 bits per heavy atom. The molecule has 0 aliphatic heterocycles. The second-order valence-electron chi connectivity index (χ2n) is 5.57. The zero-order valence-corrected chi connectivity index (χ0v) is 13.5. The van der Waals surface area contributed by atoms with E-state index in [9.17, 15) is 4.79 Å². The third kappa shape index (κ3) is 4.08.